The maximum Gasteiger partial charge on any atom is 0.00682 e. The SMILES string of the molecule is CNCCCCCCCCCNC1CC1. The zero-order chi connectivity index (χ0) is 10.8. The van der Waals surface area contributed by atoms with Gasteiger partial charge in [-0.25, -0.2) is 0 Å². The van der Waals surface area contributed by atoms with Crippen LogP contribution in [0.15, 0.2) is 0 Å². The van der Waals surface area contributed by atoms with Gasteiger partial charge in [-0.2, -0.15) is 0 Å². The molecule has 1 aliphatic rings. The van der Waals surface area contributed by atoms with Crippen LogP contribution in [0.5, 0.6) is 0 Å². The van der Waals surface area contributed by atoms with E-state index >= 15 is 0 Å². The van der Waals surface area contributed by atoms with Crippen LogP contribution in [0.3, 0.4) is 0 Å². The van der Waals surface area contributed by atoms with E-state index in [0.717, 1.165) is 6.04 Å². The minimum absolute atomic E-state index is 0.895. The summed E-state index contributed by atoms with van der Waals surface area (Å²) >= 11 is 0. The molecule has 0 radical (unpaired) electrons. The molecule has 1 aliphatic carbocycles. The highest BCUT2D eigenvalue weighted by atomic mass is 14.9. The zero-order valence-electron chi connectivity index (χ0n) is 10.4. The van der Waals surface area contributed by atoms with Gasteiger partial charge < -0.3 is 10.6 Å². The average molecular weight is 212 g/mol. The Bertz CT molecular complexity index is 132. The van der Waals surface area contributed by atoms with Gasteiger partial charge in [0.2, 0.25) is 0 Å². The molecule has 0 spiro atoms. The molecule has 0 aromatic rings. The lowest BCUT2D eigenvalue weighted by atomic mass is 10.1. The van der Waals surface area contributed by atoms with Crippen molar-refractivity contribution in [3.8, 4) is 0 Å². The molecule has 2 heteroatoms. The van der Waals surface area contributed by atoms with Crippen molar-refractivity contribution in [2.45, 2.75) is 63.8 Å². The number of hydrogen-bond acceptors (Lipinski definition) is 2. The Kier molecular flexibility index (Phi) is 7.94. The molecule has 0 amide bonds. The standard InChI is InChI=1S/C13H28N2/c1-14-11-7-5-3-2-4-6-8-12-15-13-9-10-13/h13-15H,2-12H2,1H3. The lowest BCUT2D eigenvalue weighted by Crippen LogP contribution is -2.17. The second-order valence-corrected chi connectivity index (χ2v) is 4.81. The number of unbranched alkanes of at least 4 members (excludes halogenated alkanes) is 6. The summed E-state index contributed by atoms with van der Waals surface area (Å²) in [4.78, 5) is 0. The first kappa shape index (κ1) is 13.0. The van der Waals surface area contributed by atoms with Crippen molar-refractivity contribution in [3.63, 3.8) is 0 Å². The van der Waals surface area contributed by atoms with Gasteiger partial charge in [0, 0.05) is 6.04 Å². The largest absolute Gasteiger partial charge is 0.320 e. The fourth-order valence-corrected chi connectivity index (χ4v) is 1.90. The van der Waals surface area contributed by atoms with E-state index in [1.54, 1.807) is 0 Å². The predicted molar refractivity (Wildman–Crippen MR) is 67.3 cm³/mol. The third kappa shape index (κ3) is 8.88. The van der Waals surface area contributed by atoms with Gasteiger partial charge in [0.05, 0.1) is 0 Å². The van der Waals surface area contributed by atoms with E-state index in [4.69, 9.17) is 0 Å². The monoisotopic (exact) mass is 212 g/mol. The molecular weight excluding hydrogens is 184 g/mol. The molecule has 0 heterocycles. The smallest absolute Gasteiger partial charge is 0.00682 e. The molecule has 0 unspecified atom stereocenters. The first-order valence-electron chi connectivity index (χ1n) is 6.81. The Balaban J connectivity index is 1.62. The van der Waals surface area contributed by atoms with Crippen molar-refractivity contribution in [3.05, 3.63) is 0 Å². The number of hydrogen-bond donors (Lipinski definition) is 2. The highest BCUT2D eigenvalue weighted by Gasteiger charge is 2.19. The van der Waals surface area contributed by atoms with Gasteiger partial charge in [-0.15, -0.1) is 0 Å². The van der Waals surface area contributed by atoms with E-state index in [2.05, 4.69) is 10.6 Å². The van der Waals surface area contributed by atoms with Crippen LogP contribution in [-0.2, 0) is 0 Å². The fourth-order valence-electron chi connectivity index (χ4n) is 1.90. The molecule has 0 bridgehead atoms. The van der Waals surface area contributed by atoms with Crippen molar-refractivity contribution >= 4 is 0 Å². The highest BCUT2D eigenvalue weighted by Crippen LogP contribution is 2.18. The quantitative estimate of drug-likeness (QED) is 0.515. The lowest BCUT2D eigenvalue weighted by molar-refractivity contribution is 0.551. The molecule has 0 aromatic carbocycles. The van der Waals surface area contributed by atoms with Gasteiger partial charge in [0.25, 0.3) is 0 Å². The topological polar surface area (TPSA) is 24.1 Å². The van der Waals surface area contributed by atoms with Crippen LogP contribution >= 0.6 is 0 Å². The summed E-state index contributed by atoms with van der Waals surface area (Å²) in [6.07, 6.45) is 12.7. The maximum absolute atomic E-state index is 3.57. The van der Waals surface area contributed by atoms with E-state index in [9.17, 15) is 0 Å². The predicted octanol–water partition coefficient (Wildman–Crippen LogP) is 2.69. The second-order valence-electron chi connectivity index (χ2n) is 4.81. The van der Waals surface area contributed by atoms with E-state index in [1.165, 1.54) is 70.9 Å². The van der Waals surface area contributed by atoms with Crippen LogP contribution in [0.25, 0.3) is 0 Å². The molecule has 1 fully saturated rings. The lowest BCUT2D eigenvalue weighted by Gasteiger charge is -2.03. The molecule has 90 valence electrons. The summed E-state index contributed by atoms with van der Waals surface area (Å²) < 4.78 is 0. The Labute approximate surface area is 95.2 Å². The van der Waals surface area contributed by atoms with Crippen molar-refractivity contribution in [1.82, 2.24) is 10.6 Å². The molecule has 0 saturated heterocycles. The summed E-state index contributed by atoms with van der Waals surface area (Å²) in [6.45, 7) is 2.44. The Morgan fingerprint density at radius 1 is 0.800 bits per heavy atom. The van der Waals surface area contributed by atoms with E-state index in [0.29, 0.717) is 0 Å². The van der Waals surface area contributed by atoms with Gasteiger partial charge in [-0.1, -0.05) is 32.1 Å². The van der Waals surface area contributed by atoms with Crippen molar-refractivity contribution in [2.24, 2.45) is 0 Å². The van der Waals surface area contributed by atoms with Crippen molar-refractivity contribution in [1.29, 1.82) is 0 Å². The Morgan fingerprint density at radius 2 is 1.33 bits per heavy atom. The van der Waals surface area contributed by atoms with Crippen LogP contribution in [-0.4, -0.2) is 26.2 Å². The van der Waals surface area contributed by atoms with Crippen LogP contribution in [0, 0.1) is 0 Å². The zero-order valence-corrected chi connectivity index (χ0v) is 10.4. The van der Waals surface area contributed by atoms with Crippen LogP contribution < -0.4 is 10.6 Å². The summed E-state index contributed by atoms with van der Waals surface area (Å²) in [7, 11) is 2.03. The van der Waals surface area contributed by atoms with Crippen LogP contribution in [0.1, 0.15) is 57.8 Å². The second kappa shape index (κ2) is 9.17. The number of nitrogens with one attached hydrogen (secondary N) is 2. The molecular formula is C13H28N2. The van der Waals surface area contributed by atoms with Crippen molar-refractivity contribution < 1.29 is 0 Å². The van der Waals surface area contributed by atoms with Gasteiger partial charge >= 0.3 is 0 Å². The molecule has 0 atom stereocenters. The third-order valence-electron chi connectivity index (χ3n) is 3.11. The minimum atomic E-state index is 0.895. The van der Waals surface area contributed by atoms with Crippen molar-refractivity contribution in [2.75, 3.05) is 20.1 Å². The third-order valence-corrected chi connectivity index (χ3v) is 3.11. The van der Waals surface area contributed by atoms with E-state index in [-0.39, 0.29) is 0 Å². The first-order chi connectivity index (χ1) is 7.43. The molecule has 2 nitrogen and oxygen atoms in total. The van der Waals surface area contributed by atoms with Crippen LogP contribution in [0.4, 0.5) is 0 Å². The van der Waals surface area contributed by atoms with Gasteiger partial charge in [0.15, 0.2) is 0 Å². The van der Waals surface area contributed by atoms with Crippen LogP contribution in [0.2, 0.25) is 0 Å². The summed E-state index contributed by atoms with van der Waals surface area (Å²) in [5.74, 6) is 0. The van der Waals surface area contributed by atoms with Gasteiger partial charge in [-0.05, 0) is 45.8 Å². The van der Waals surface area contributed by atoms with E-state index < -0.39 is 0 Å². The van der Waals surface area contributed by atoms with E-state index in [1.807, 2.05) is 7.05 Å². The maximum atomic E-state index is 3.57. The fraction of sp³-hybridized carbons (Fsp3) is 1.00. The molecule has 1 saturated carbocycles. The molecule has 15 heavy (non-hydrogen) atoms. The molecule has 0 aliphatic heterocycles. The van der Waals surface area contributed by atoms with Gasteiger partial charge in [-0.3, -0.25) is 0 Å². The minimum Gasteiger partial charge on any atom is -0.320 e. The van der Waals surface area contributed by atoms with Gasteiger partial charge in [0.1, 0.15) is 0 Å². The molecule has 0 aromatic heterocycles. The molecule has 2 N–H and O–H groups in total. The summed E-state index contributed by atoms with van der Waals surface area (Å²) in [5.41, 5.74) is 0. The summed E-state index contributed by atoms with van der Waals surface area (Å²) in [6, 6.07) is 0.895. The molecule has 1 rings (SSSR count). The number of rotatable bonds is 11. The Morgan fingerprint density at radius 3 is 1.87 bits per heavy atom. The Hall–Kier alpha value is -0.0800. The average Bonchev–Trinajstić information content (AvgIpc) is 3.05. The first-order valence-corrected chi connectivity index (χ1v) is 6.81. The normalized spacial score (nSPS) is 15.8. The highest BCUT2D eigenvalue weighted by molar-refractivity contribution is 4.80. The summed E-state index contributed by atoms with van der Waals surface area (Å²) in [5, 5.41) is 6.76.